The SMILES string of the molecule is COc1ccc(CC(C)O)c(O)c1. The number of hydrogen-bond acceptors (Lipinski definition) is 3. The fraction of sp³-hybridized carbons (Fsp3) is 0.400. The topological polar surface area (TPSA) is 49.7 Å². The molecular formula is C10H14O3. The van der Waals surface area contributed by atoms with Crippen molar-refractivity contribution in [2.75, 3.05) is 7.11 Å². The van der Waals surface area contributed by atoms with E-state index in [4.69, 9.17) is 9.84 Å². The Hall–Kier alpha value is -1.22. The molecule has 0 bridgehead atoms. The molecule has 1 aromatic carbocycles. The van der Waals surface area contributed by atoms with Crippen molar-refractivity contribution in [3.63, 3.8) is 0 Å². The maximum Gasteiger partial charge on any atom is 0.122 e. The van der Waals surface area contributed by atoms with Crippen LogP contribution in [0.25, 0.3) is 0 Å². The van der Waals surface area contributed by atoms with Crippen molar-refractivity contribution in [2.45, 2.75) is 19.4 Å². The zero-order chi connectivity index (χ0) is 9.84. The van der Waals surface area contributed by atoms with Gasteiger partial charge in [-0.2, -0.15) is 0 Å². The lowest BCUT2D eigenvalue weighted by Gasteiger charge is -2.08. The van der Waals surface area contributed by atoms with Gasteiger partial charge >= 0.3 is 0 Å². The maximum absolute atomic E-state index is 9.48. The van der Waals surface area contributed by atoms with Crippen LogP contribution in [0.3, 0.4) is 0 Å². The Bertz CT molecular complexity index is 281. The summed E-state index contributed by atoms with van der Waals surface area (Å²) in [4.78, 5) is 0. The minimum atomic E-state index is -0.445. The first kappa shape index (κ1) is 9.86. The minimum Gasteiger partial charge on any atom is -0.508 e. The molecule has 0 heterocycles. The quantitative estimate of drug-likeness (QED) is 0.741. The van der Waals surface area contributed by atoms with E-state index < -0.39 is 6.10 Å². The van der Waals surface area contributed by atoms with Crippen molar-refractivity contribution in [3.05, 3.63) is 23.8 Å². The van der Waals surface area contributed by atoms with Crippen molar-refractivity contribution < 1.29 is 14.9 Å². The number of ether oxygens (including phenoxy) is 1. The molecule has 0 aliphatic rings. The molecule has 0 aliphatic carbocycles. The first-order chi connectivity index (χ1) is 6.13. The second kappa shape index (κ2) is 4.14. The third kappa shape index (κ3) is 2.63. The molecule has 72 valence electrons. The standard InChI is InChI=1S/C10H14O3/c1-7(11)5-8-3-4-9(13-2)6-10(8)12/h3-4,6-7,11-12H,5H2,1-2H3. The van der Waals surface area contributed by atoms with Gasteiger partial charge in [-0.3, -0.25) is 0 Å². The first-order valence-electron chi connectivity index (χ1n) is 4.17. The van der Waals surface area contributed by atoms with Crippen LogP contribution in [0.2, 0.25) is 0 Å². The lowest BCUT2D eigenvalue weighted by molar-refractivity contribution is 0.194. The predicted molar refractivity (Wildman–Crippen MR) is 50.0 cm³/mol. The largest absolute Gasteiger partial charge is 0.508 e. The highest BCUT2D eigenvalue weighted by molar-refractivity contribution is 5.39. The highest BCUT2D eigenvalue weighted by Crippen LogP contribution is 2.24. The van der Waals surface area contributed by atoms with Crippen molar-refractivity contribution in [1.82, 2.24) is 0 Å². The Morgan fingerprint density at radius 2 is 2.15 bits per heavy atom. The summed E-state index contributed by atoms with van der Waals surface area (Å²) in [6.07, 6.45) is 0.00910. The Balaban J connectivity index is 2.85. The lowest BCUT2D eigenvalue weighted by atomic mass is 10.1. The number of aromatic hydroxyl groups is 1. The molecule has 0 aliphatic heterocycles. The molecule has 1 aromatic rings. The number of phenolic OH excluding ortho intramolecular Hbond substituents is 1. The van der Waals surface area contributed by atoms with Crippen LogP contribution in [-0.4, -0.2) is 23.4 Å². The van der Waals surface area contributed by atoms with Gasteiger partial charge in [-0.1, -0.05) is 6.07 Å². The van der Waals surface area contributed by atoms with Gasteiger partial charge in [-0.25, -0.2) is 0 Å². The van der Waals surface area contributed by atoms with E-state index >= 15 is 0 Å². The Morgan fingerprint density at radius 1 is 1.46 bits per heavy atom. The van der Waals surface area contributed by atoms with E-state index in [9.17, 15) is 5.11 Å². The fourth-order valence-electron chi connectivity index (χ4n) is 1.16. The van der Waals surface area contributed by atoms with E-state index in [1.807, 2.05) is 0 Å². The van der Waals surface area contributed by atoms with E-state index in [0.717, 1.165) is 5.56 Å². The summed E-state index contributed by atoms with van der Waals surface area (Å²) in [6.45, 7) is 1.68. The maximum atomic E-state index is 9.48. The number of hydrogen-bond donors (Lipinski definition) is 2. The molecule has 0 fully saturated rings. The van der Waals surface area contributed by atoms with Gasteiger partial charge in [-0.05, 0) is 18.6 Å². The molecule has 3 nitrogen and oxygen atoms in total. The molecule has 1 unspecified atom stereocenters. The van der Waals surface area contributed by atoms with Gasteiger partial charge in [0.25, 0.3) is 0 Å². The monoisotopic (exact) mass is 182 g/mol. The second-order valence-corrected chi connectivity index (χ2v) is 3.05. The molecular weight excluding hydrogens is 168 g/mol. The van der Waals surface area contributed by atoms with E-state index in [1.54, 1.807) is 26.2 Å². The second-order valence-electron chi connectivity index (χ2n) is 3.05. The third-order valence-electron chi connectivity index (χ3n) is 1.81. The van der Waals surface area contributed by atoms with Crippen LogP contribution in [0.1, 0.15) is 12.5 Å². The van der Waals surface area contributed by atoms with E-state index in [1.165, 1.54) is 6.07 Å². The minimum absolute atomic E-state index is 0.167. The summed E-state index contributed by atoms with van der Waals surface area (Å²) in [6, 6.07) is 5.05. The number of phenols is 1. The summed E-state index contributed by atoms with van der Waals surface area (Å²) in [7, 11) is 1.54. The van der Waals surface area contributed by atoms with Gasteiger partial charge in [0.05, 0.1) is 13.2 Å². The molecule has 0 aromatic heterocycles. The Morgan fingerprint density at radius 3 is 2.62 bits per heavy atom. The van der Waals surface area contributed by atoms with Crippen molar-refractivity contribution in [1.29, 1.82) is 0 Å². The van der Waals surface area contributed by atoms with Gasteiger partial charge < -0.3 is 14.9 Å². The Kier molecular flexibility index (Phi) is 3.14. The molecule has 3 heteroatoms. The number of aliphatic hydroxyl groups excluding tert-OH is 1. The summed E-state index contributed by atoms with van der Waals surface area (Å²) >= 11 is 0. The highest BCUT2D eigenvalue weighted by atomic mass is 16.5. The number of rotatable bonds is 3. The van der Waals surface area contributed by atoms with Gasteiger partial charge in [0.1, 0.15) is 11.5 Å². The van der Waals surface area contributed by atoms with E-state index in [2.05, 4.69) is 0 Å². The predicted octanol–water partition coefficient (Wildman–Crippen LogP) is 1.32. The average molecular weight is 182 g/mol. The number of benzene rings is 1. The van der Waals surface area contributed by atoms with Crippen molar-refractivity contribution in [3.8, 4) is 11.5 Å². The summed E-state index contributed by atoms with van der Waals surface area (Å²) in [5.41, 5.74) is 0.732. The van der Waals surface area contributed by atoms with Gasteiger partial charge in [0, 0.05) is 12.5 Å². The molecule has 13 heavy (non-hydrogen) atoms. The van der Waals surface area contributed by atoms with Gasteiger partial charge in [0.15, 0.2) is 0 Å². The van der Waals surface area contributed by atoms with E-state index in [0.29, 0.717) is 12.2 Å². The number of methoxy groups -OCH3 is 1. The molecule has 2 N–H and O–H groups in total. The van der Waals surface area contributed by atoms with Crippen molar-refractivity contribution in [2.24, 2.45) is 0 Å². The Labute approximate surface area is 77.6 Å². The van der Waals surface area contributed by atoms with Crippen molar-refractivity contribution >= 4 is 0 Å². The summed E-state index contributed by atoms with van der Waals surface area (Å²) in [5, 5.41) is 18.6. The smallest absolute Gasteiger partial charge is 0.122 e. The third-order valence-corrected chi connectivity index (χ3v) is 1.81. The van der Waals surface area contributed by atoms with Gasteiger partial charge in [0.2, 0.25) is 0 Å². The van der Waals surface area contributed by atoms with Crippen LogP contribution in [0.15, 0.2) is 18.2 Å². The van der Waals surface area contributed by atoms with Gasteiger partial charge in [-0.15, -0.1) is 0 Å². The van der Waals surface area contributed by atoms with E-state index in [-0.39, 0.29) is 5.75 Å². The van der Waals surface area contributed by atoms with Crippen LogP contribution in [0.5, 0.6) is 11.5 Å². The van der Waals surface area contributed by atoms with Crippen LogP contribution < -0.4 is 4.74 Å². The van der Waals surface area contributed by atoms with Crippen LogP contribution >= 0.6 is 0 Å². The molecule has 1 rings (SSSR count). The van der Waals surface area contributed by atoms with Crippen LogP contribution in [-0.2, 0) is 6.42 Å². The fourth-order valence-corrected chi connectivity index (χ4v) is 1.16. The highest BCUT2D eigenvalue weighted by Gasteiger charge is 2.05. The van der Waals surface area contributed by atoms with Crippen LogP contribution in [0.4, 0.5) is 0 Å². The first-order valence-corrected chi connectivity index (χ1v) is 4.17. The number of aliphatic hydroxyl groups is 1. The molecule has 0 amide bonds. The summed E-state index contributed by atoms with van der Waals surface area (Å²) < 4.78 is 4.93. The zero-order valence-electron chi connectivity index (χ0n) is 7.82. The van der Waals surface area contributed by atoms with Crippen LogP contribution in [0, 0.1) is 0 Å². The zero-order valence-corrected chi connectivity index (χ0v) is 7.82. The molecule has 0 spiro atoms. The normalized spacial score (nSPS) is 12.5. The molecule has 0 radical (unpaired) electrons. The molecule has 1 atom stereocenters. The summed E-state index contributed by atoms with van der Waals surface area (Å²) in [5.74, 6) is 0.784. The molecule has 0 saturated carbocycles. The average Bonchev–Trinajstić information content (AvgIpc) is 2.08. The lowest BCUT2D eigenvalue weighted by Crippen LogP contribution is -2.04. The molecule has 0 saturated heterocycles.